The number of hydrogen-bond donors (Lipinski definition) is 1. The van der Waals surface area contributed by atoms with E-state index in [2.05, 4.69) is 4.99 Å². The number of nitrogens with two attached hydrogens (primary N) is 1. The van der Waals surface area contributed by atoms with Crippen LogP contribution in [0.25, 0.3) is 0 Å². The first-order chi connectivity index (χ1) is 10.4. The summed E-state index contributed by atoms with van der Waals surface area (Å²) in [6.45, 7) is 0. The third kappa shape index (κ3) is 3.64. The number of rotatable bonds is 3. The Balaban J connectivity index is 2.31. The van der Waals surface area contributed by atoms with Crippen LogP contribution in [0.5, 0.6) is 0 Å². The SMILES string of the molecule is N#CC(N=Cc1cc(C(F)(F)F)ccc1N)c1ccccc1. The summed E-state index contributed by atoms with van der Waals surface area (Å²) in [5.74, 6) is 0. The minimum Gasteiger partial charge on any atom is -0.398 e. The van der Waals surface area contributed by atoms with Gasteiger partial charge >= 0.3 is 6.18 Å². The minimum absolute atomic E-state index is 0.131. The summed E-state index contributed by atoms with van der Waals surface area (Å²) >= 11 is 0. The highest BCUT2D eigenvalue weighted by Gasteiger charge is 2.30. The van der Waals surface area contributed by atoms with E-state index in [-0.39, 0.29) is 11.3 Å². The van der Waals surface area contributed by atoms with E-state index in [0.717, 1.165) is 12.1 Å². The van der Waals surface area contributed by atoms with Gasteiger partial charge in [-0.2, -0.15) is 18.4 Å². The highest BCUT2D eigenvalue weighted by molar-refractivity contribution is 5.87. The monoisotopic (exact) mass is 303 g/mol. The molecule has 2 rings (SSSR count). The number of aliphatic imine (C=N–C) groups is 1. The van der Waals surface area contributed by atoms with Crippen molar-refractivity contribution in [1.29, 1.82) is 5.26 Å². The van der Waals surface area contributed by atoms with Crippen molar-refractivity contribution in [1.82, 2.24) is 0 Å². The zero-order chi connectivity index (χ0) is 16.2. The molecule has 0 amide bonds. The lowest BCUT2D eigenvalue weighted by Gasteiger charge is -2.09. The lowest BCUT2D eigenvalue weighted by Crippen LogP contribution is -2.07. The predicted molar refractivity (Wildman–Crippen MR) is 78.2 cm³/mol. The maximum atomic E-state index is 12.7. The molecule has 112 valence electrons. The fourth-order valence-electron chi connectivity index (χ4n) is 1.85. The molecule has 0 heterocycles. The molecule has 2 aromatic carbocycles. The van der Waals surface area contributed by atoms with Gasteiger partial charge in [0.15, 0.2) is 6.04 Å². The molecule has 22 heavy (non-hydrogen) atoms. The summed E-state index contributed by atoms with van der Waals surface area (Å²) in [4.78, 5) is 4.03. The van der Waals surface area contributed by atoms with Gasteiger partial charge in [-0.15, -0.1) is 0 Å². The van der Waals surface area contributed by atoms with Gasteiger partial charge in [-0.3, -0.25) is 4.99 Å². The van der Waals surface area contributed by atoms with Crippen molar-refractivity contribution in [2.24, 2.45) is 4.99 Å². The Bertz CT molecular complexity index is 716. The Morgan fingerprint density at radius 2 is 1.82 bits per heavy atom. The Morgan fingerprint density at radius 1 is 1.14 bits per heavy atom. The summed E-state index contributed by atoms with van der Waals surface area (Å²) in [6, 6.07) is 13.0. The number of nitrogen functional groups attached to an aromatic ring is 1. The second kappa shape index (κ2) is 6.31. The van der Waals surface area contributed by atoms with Gasteiger partial charge in [0, 0.05) is 17.5 Å². The molecule has 0 saturated heterocycles. The standard InChI is InChI=1S/C16H12F3N3/c17-16(18,19)13-6-7-14(21)12(8-13)10-22-15(9-20)11-4-2-1-3-5-11/h1-8,10,15H,21H2. The van der Waals surface area contributed by atoms with E-state index in [1.165, 1.54) is 12.3 Å². The summed E-state index contributed by atoms with van der Waals surface area (Å²) < 4.78 is 38.1. The Labute approximate surface area is 125 Å². The van der Waals surface area contributed by atoms with Crippen molar-refractivity contribution >= 4 is 11.9 Å². The van der Waals surface area contributed by atoms with Crippen LogP contribution < -0.4 is 5.73 Å². The van der Waals surface area contributed by atoms with Crippen molar-refractivity contribution in [2.75, 3.05) is 5.73 Å². The van der Waals surface area contributed by atoms with Gasteiger partial charge in [-0.1, -0.05) is 30.3 Å². The van der Waals surface area contributed by atoms with Crippen molar-refractivity contribution in [2.45, 2.75) is 12.2 Å². The normalized spacial score (nSPS) is 13.0. The first-order valence-corrected chi connectivity index (χ1v) is 6.36. The van der Waals surface area contributed by atoms with E-state index in [1.54, 1.807) is 30.3 Å². The van der Waals surface area contributed by atoms with Gasteiger partial charge in [0.1, 0.15) is 0 Å². The topological polar surface area (TPSA) is 62.2 Å². The number of alkyl halides is 3. The fourth-order valence-corrected chi connectivity index (χ4v) is 1.85. The average Bonchev–Trinajstić information content (AvgIpc) is 2.49. The number of halogens is 3. The molecular formula is C16H12F3N3. The van der Waals surface area contributed by atoms with Crippen LogP contribution in [0.15, 0.2) is 53.5 Å². The Morgan fingerprint density at radius 3 is 2.41 bits per heavy atom. The first-order valence-electron chi connectivity index (χ1n) is 6.36. The van der Waals surface area contributed by atoms with Crippen molar-refractivity contribution < 1.29 is 13.2 Å². The Hall–Kier alpha value is -2.81. The third-order valence-corrected chi connectivity index (χ3v) is 3.01. The van der Waals surface area contributed by atoms with Crippen molar-refractivity contribution in [3.05, 3.63) is 65.2 Å². The second-order valence-electron chi connectivity index (χ2n) is 4.56. The van der Waals surface area contributed by atoms with E-state index < -0.39 is 17.8 Å². The van der Waals surface area contributed by atoms with Crippen LogP contribution in [-0.2, 0) is 6.18 Å². The van der Waals surface area contributed by atoms with Gasteiger partial charge in [-0.25, -0.2) is 0 Å². The molecule has 0 aliphatic heterocycles. The summed E-state index contributed by atoms with van der Waals surface area (Å²) in [6.07, 6.45) is -3.25. The quantitative estimate of drug-likeness (QED) is 0.689. The highest BCUT2D eigenvalue weighted by Crippen LogP contribution is 2.31. The lowest BCUT2D eigenvalue weighted by molar-refractivity contribution is -0.137. The van der Waals surface area contributed by atoms with Crippen LogP contribution in [0.4, 0.5) is 18.9 Å². The average molecular weight is 303 g/mol. The molecule has 0 aromatic heterocycles. The third-order valence-electron chi connectivity index (χ3n) is 3.01. The smallest absolute Gasteiger partial charge is 0.398 e. The van der Waals surface area contributed by atoms with Crippen molar-refractivity contribution in [3.63, 3.8) is 0 Å². The molecule has 2 aromatic rings. The second-order valence-corrected chi connectivity index (χ2v) is 4.56. The zero-order valence-corrected chi connectivity index (χ0v) is 11.4. The number of nitriles is 1. The van der Waals surface area contributed by atoms with E-state index in [9.17, 15) is 13.2 Å². The van der Waals surface area contributed by atoms with Crippen LogP contribution in [0.2, 0.25) is 0 Å². The molecule has 0 bridgehead atoms. The molecule has 0 saturated carbocycles. The summed E-state index contributed by atoms with van der Waals surface area (Å²) in [7, 11) is 0. The van der Waals surface area contributed by atoms with E-state index in [4.69, 9.17) is 11.0 Å². The number of benzene rings is 2. The van der Waals surface area contributed by atoms with Crippen LogP contribution in [0, 0.1) is 11.3 Å². The molecular weight excluding hydrogens is 291 g/mol. The predicted octanol–water partition coefficient (Wildman–Crippen LogP) is 3.97. The first kappa shape index (κ1) is 15.6. The summed E-state index contributed by atoms with van der Waals surface area (Å²) in [5, 5.41) is 9.14. The van der Waals surface area contributed by atoms with E-state index >= 15 is 0 Å². The molecule has 6 heteroatoms. The van der Waals surface area contributed by atoms with Crippen molar-refractivity contribution in [3.8, 4) is 6.07 Å². The van der Waals surface area contributed by atoms with Gasteiger partial charge in [-0.05, 0) is 23.8 Å². The van der Waals surface area contributed by atoms with Gasteiger partial charge in [0.05, 0.1) is 11.6 Å². The van der Waals surface area contributed by atoms with Gasteiger partial charge in [0.2, 0.25) is 0 Å². The molecule has 1 atom stereocenters. The maximum Gasteiger partial charge on any atom is 0.416 e. The molecule has 0 fully saturated rings. The number of hydrogen-bond acceptors (Lipinski definition) is 3. The molecule has 1 unspecified atom stereocenters. The van der Waals surface area contributed by atoms with Gasteiger partial charge < -0.3 is 5.73 Å². The molecule has 0 aliphatic carbocycles. The number of anilines is 1. The summed E-state index contributed by atoms with van der Waals surface area (Å²) in [5.41, 5.74) is 5.81. The van der Waals surface area contributed by atoms with Crippen LogP contribution in [0.1, 0.15) is 22.7 Å². The van der Waals surface area contributed by atoms with Gasteiger partial charge in [0.25, 0.3) is 0 Å². The van der Waals surface area contributed by atoms with Crippen LogP contribution in [0.3, 0.4) is 0 Å². The van der Waals surface area contributed by atoms with E-state index in [0.29, 0.717) is 5.56 Å². The lowest BCUT2D eigenvalue weighted by atomic mass is 10.1. The zero-order valence-electron chi connectivity index (χ0n) is 11.4. The minimum atomic E-state index is -4.45. The maximum absolute atomic E-state index is 12.7. The molecule has 0 aliphatic rings. The van der Waals surface area contributed by atoms with Crippen LogP contribution >= 0.6 is 0 Å². The highest BCUT2D eigenvalue weighted by atomic mass is 19.4. The van der Waals surface area contributed by atoms with Crippen LogP contribution in [-0.4, -0.2) is 6.21 Å². The molecule has 0 radical (unpaired) electrons. The molecule has 3 nitrogen and oxygen atoms in total. The number of nitrogens with zero attached hydrogens (tertiary/aromatic N) is 2. The Kier molecular flexibility index (Phi) is 4.47. The largest absolute Gasteiger partial charge is 0.416 e. The molecule has 2 N–H and O–H groups in total. The fraction of sp³-hybridized carbons (Fsp3) is 0.125. The molecule has 0 spiro atoms. The van der Waals surface area contributed by atoms with E-state index in [1.807, 2.05) is 6.07 Å².